The Bertz CT molecular complexity index is 368. The number of aliphatic hydroxyl groups is 1. The highest BCUT2D eigenvalue weighted by molar-refractivity contribution is 5.32. The molecule has 0 aromatic heterocycles. The van der Waals surface area contributed by atoms with E-state index < -0.39 is 6.29 Å². The fourth-order valence-corrected chi connectivity index (χ4v) is 1.43. The van der Waals surface area contributed by atoms with Crippen LogP contribution in [0.2, 0.25) is 0 Å². The summed E-state index contributed by atoms with van der Waals surface area (Å²) in [7, 11) is 0. The molecule has 0 aliphatic carbocycles. The van der Waals surface area contributed by atoms with Crippen LogP contribution in [0.1, 0.15) is 17.4 Å². The number of nitrogens with zero attached hydrogens (tertiary/aromatic N) is 1. The van der Waals surface area contributed by atoms with Crippen molar-refractivity contribution in [3.05, 3.63) is 35.4 Å². The zero-order chi connectivity index (χ0) is 10.7. The fraction of sp³-hybridized carbons (Fsp3) is 0.364. The summed E-state index contributed by atoms with van der Waals surface area (Å²) in [6, 6.07) is 9.07. The normalized spacial score (nSPS) is 25.1. The lowest BCUT2D eigenvalue weighted by molar-refractivity contribution is -0.0675. The Morgan fingerprint density at radius 1 is 1.40 bits per heavy atom. The predicted molar refractivity (Wildman–Crippen MR) is 51.8 cm³/mol. The van der Waals surface area contributed by atoms with Crippen LogP contribution in [0, 0.1) is 11.3 Å². The minimum Gasteiger partial charge on any atom is -0.394 e. The van der Waals surface area contributed by atoms with Crippen LogP contribution in [0.5, 0.6) is 0 Å². The Balaban J connectivity index is 2.08. The van der Waals surface area contributed by atoms with Gasteiger partial charge in [0.25, 0.3) is 0 Å². The van der Waals surface area contributed by atoms with Crippen molar-refractivity contribution in [1.29, 1.82) is 5.26 Å². The quantitative estimate of drug-likeness (QED) is 0.781. The van der Waals surface area contributed by atoms with Gasteiger partial charge in [0.15, 0.2) is 6.29 Å². The Labute approximate surface area is 87.7 Å². The molecule has 4 nitrogen and oxygen atoms in total. The first kappa shape index (κ1) is 10.1. The van der Waals surface area contributed by atoms with Crippen LogP contribution in [0.3, 0.4) is 0 Å². The molecule has 4 heteroatoms. The molecule has 2 rings (SSSR count). The highest BCUT2D eigenvalue weighted by Crippen LogP contribution is 2.26. The Hall–Kier alpha value is -1.41. The average molecular weight is 205 g/mol. The number of aliphatic hydroxyl groups excluding tert-OH is 1. The first-order chi connectivity index (χ1) is 7.33. The van der Waals surface area contributed by atoms with Crippen LogP contribution in [0.4, 0.5) is 0 Å². The molecule has 0 radical (unpaired) electrons. The molecule has 0 spiro atoms. The zero-order valence-corrected chi connectivity index (χ0v) is 8.09. The highest BCUT2D eigenvalue weighted by Gasteiger charge is 2.26. The maximum Gasteiger partial charge on any atom is 0.184 e. The van der Waals surface area contributed by atoms with E-state index >= 15 is 0 Å². The molecule has 1 heterocycles. The van der Waals surface area contributed by atoms with E-state index in [0.717, 1.165) is 5.56 Å². The Morgan fingerprint density at radius 2 is 2.13 bits per heavy atom. The monoisotopic (exact) mass is 205 g/mol. The number of hydrogen-bond donors (Lipinski definition) is 1. The second-order valence-electron chi connectivity index (χ2n) is 3.34. The van der Waals surface area contributed by atoms with E-state index in [1.54, 1.807) is 24.3 Å². The molecule has 78 valence electrons. The largest absolute Gasteiger partial charge is 0.394 e. The van der Waals surface area contributed by atoms with Gasteiger partial charge >= 0.3 is 0 Å². The summed E-state index contributed by atoms with van der Waals surface area (Å²) < 4.78 is 10.8. The summed E-state index contributed by atoms with van der Waals surface area (Å²) in [6.07, 6.45) is -0.666. The molecule has 1 saturated heterocycles. The van der Waals surface area contributed by atoms with Crippen molar-refractivity contribution < 1.29 is 14.6 Å². The van der Waals surface area contributed by atoms with Crippen molar-refractivity contribution in [2.45, 2.75) is 12.4 Å². The molecule has 0 bridgehead atoms. The molecule has 1 fully saturated rings. The molecule has 1 aliphatic heterocycles. The number of ether oxygens (including phenoxy) is 2. The van der Waals surface area contributed by atoms with Crippen LogP contribution >= 0.6 is 0 Å². The molecule has 1 aliphatic rings. The average Bonchev–Trinajstić information content (AvgIpc) is 2.78. The van der Waals surface area contributed by atoms with E-state index in [1.807, 2.05) is 6.07 Å². The van der Waals surface area contributed by atoms with Crippen molar-refractivity contribution in [2.75, 3.05) is 13.2 Å². The van der Waals surface area contributed by atoms with E-state index in [-0.39, 0.29) is 12.7 Å². The second kappa shape index (κ2) is 4.41. The summed E-state index contributed by atoms with van der Waals surface area (Å²) in [4.78, 5) is 0. The maximum absolute atomic E-state index is 8.86. The van der Waals surface area contributed by atoms with Crippen molar-refractivity contribution in [3.63, 3.8) is 0 Å². The molecular weight excluding hydrogens is 194 g/mol. The molecule has 1 aromatic carbocycles. The molecule has 0 amide bonds. The standard InChI is InChI=1S/C11H11NO3/c12-5-8-1-3-9(4-2-8)11-14-7-10(6-13)15-11/h1-4,10-11,13H,6-7H2. The maximum atomic E-state index is 8.86. The fourth-order valence-electron chi connectivity index (χ4n) is 1.43. The lowest BCUT2D eigenvalue weighted by Gasteiger charge is -2.10. The van der Waals surface area contributed by atoms with Gasteiger partial charge < -0.3 is 14.6 Å². The third-order valence-corrected chi connectivity index (χ3v) is 2.27. The van der Waals surface area contributed by atoms with E-state index in [9.17, 15) is 0 Å². The summed E-state index contributed by atoms with van der Waals surface area (Å²) in [6.45, 7) is 0.369. The van der Waals surface area contributed by atoms with Gasteiger partial charge in [-0.25, -0.2) is 0 Å². The lowest BCUT2D eigenvalue weighted by atomic mass is 10.1. The van der Waals surface area contributed by atoms with Crippen molar-refractivity contribution in [3.8, 4) is 6.07 Å². The summed E-state index contributed by atoms with van der Waals surface area (Å²) in [5.41, 5.74) is 1.47. The molecule has 2 unspecified atom stereocenters. The molecule has 0 saturated carbocycles. The summed E-state index contributed by atoms with van der Waals surface area (Å²) >= 11 is 0. The minimum atomic E-state index is -0.421. The van der Waals surface area contributed by atoms with Gasteiger partial charge in [0.2, 0.25) is 0 Å². The van der Waals surface area contributed by atoms with Crippen LogP contribution in [-0.2, 0) is 9.47 Å². The third-order valence-electron chi connectivity index (χ3n) is 2.27. The van der Waals surface area contributed by atoms with Crippen molar-refractivity contribution >= 4 is 0 Å². The second-order valence-corrected chi connectivity index (χ2v) is 3.34. The van der Waals surface area contributed by atoms with Gasteiger partial charge in [-0.2, -0.15) is 5.26 Å². The van der Waals surface area contributed by atoms with Gasteiger partial charge in [0.1, 0.15) is 6.10 Å². The summed E-state index contributed by atoms with van der Waals surface area (Å²) in [5, 5.41) is 17.5. The zero-order valence-electron chi connectivity index (χ0n) is 8.09. The smallest absolute Gasteiger partial charge is 0.184 e. The van der Waals surface area contributed by atoms with Gasteiger partial charge in [0, 0.05) is 5.56 Å². The third kappa shape index (κ3) is 2.16. The predicted octanol–water partition coefficient (Wildman–Crippen LogP) is 0.965. The SMILES string of the molecule is N#Cc1ccc(C2OCC(CO)O2)cc1. The first-order valence-corrected chi connectivity index (χ1v) is 4.71. The van der Waals surface area contributed by atoms with Crippen LogP contribution < -0.4 is 0 Å². The molecule has 2 atom stereocenters. The van der Waals surface area contributed by atoms with Gasteiger partial charge in [-0.1, -0.05) is 12.1 Å². The van der Waals surface area contributed by atoms with E-state index in [1.165, 1.54) is 0 Å². The minimum absolute atomic E-state index is 0.0349. The lowest BCUT2D eigenvalue weighted by Crippen LogP contribution is -2.14. The molecule has 1 aromatic rings. The van der Waals surface area contributed by atoms with E-state index in [0.29, 0.717) is 12.2 Å². The molecule has 15 heavy (non-hydrogen) atoms. The first-order valence-electron chi connectivity index (χ1n) is 4.71. The Kier molecular flexibility index (Phi) is 2.97. The Morgan fingerprint density at radius 3 is 2.67 bits per heavy atom. The number of rotatable bonds is 2. The molecular formula is C11H11NO3. The number of hydrogen-bond acceptors (Lipinski definition) is 4. The van der Waals surface area contributed by atoms with Gasteiger partial charge in [-0.15, -0.1) is 0 Å². The molecule has 1 N–H and O–H groups in total. The highest BCUT2D eigenvalue weighted by atomic mass is 16.7. The summed E-state index contributed by atoms with van der Waals surface area (Å²) in [5.74, 6) is 0. The van der Waals surface area contributed by atoms with Crippen LogP contribution in [0.15, 0.2) is 24.3 Å². The van der Waals surface area contributed by atoms with Crippen LogP contribution in [0.25, 0.3) is 0 Å². The van der Waals surface area contributed by atoms with Crippen molar-refractivity contribution in [2.24, 2.45) is 0 Å². The van der Waals surface area contributed by atoms with Crippen LogP contribution in [-0.4, -0.2) is 24.4 Å². The van der Waals surface area contributed by atoms with E-state index in [2.05, 4.69) is 0 Å². The van der Waals surface area contributed by atoms with Gasteiger partial charge in [0.05, 0.1) is 24.8 Å². The van der Waals surface area contributed by atoms with Gasteiger partial charge in [-0.3, -0.25) is 0 Å². The van der Waals surface area contributed by atoms with Gasteiger partial charge in [-0.05, 0) is 12.1 Å². The van der Waals surface area contributed by atoms with E-state index in [4.69, 9.17) is 19.8 Å². The van der Waals surface area contributed by atoms with Crippen molar-refractivity contribution in [1.82, 2.24) is 0 Å². The number of nitriles is 1. The topological polar surface area (TPSA) is 62.5 Å². The number of benzene rings is 1.